The Kier molecular flexibility index (Phi) is 3.61. The Hall–Kier alpha value is -1.49. The summed E-state index contributed by atoms with van der Waals surface area (Å²) in [6, 6.07) is 2.11. The van der Waals surface area contributed by atoms with E-state index in [1.807, 2.05) is 6.92 Å². The first kappa shape index (κ1) is 13.0. The quantitative estimate of drug-likeness (QED) is 0.848. The number of hydrogen-bond acceptors (Lipinski definition) is 2. The van der Waals surface area contributed by atoms with Gasteiger partial charge in [-0.2, -0.15) is 0 Å². The van der Waals surface area contributed by atoms with Crippen LogP contribution in [0.3, 0.4) is 0 Å². The van der Waals surface area contributed by atoms with Gasteiger partial charge in [0.2, 0.25) is 5.91 Å². The number of benzene rings is 1. The second kappa shape index (κ2) is 5.02. The Bertz CT molecular complexity index is 476. The molecule has 2 atom stereocenters. The first-order valence-electron chi connectivity index (χ1n) is 5.96. The second-order valence-corrected chi connectivity index (χ2v) is 4.81. The summed E-state index contributed by atoms with van der Waals surface area (Å²) in [5.74, 6) is -1.41. The normalized spacial score (nSPS) is 23.1. The Morgan fingerprint density at radius 3 is 2.67 bits per heavy atom. The Morgan fingerprint density at radius 2 is 2.06 bits per heavy atom. The summed E-state index contributed by atoms with van der Waals surface area (Å²) in [5.41, 5.74) is 0.128. The van der Waals surface area contributed by atoms with Crippen molar-refractivity contribution in [1.82, 2.24) is 5.32 Å². The molecule has 5 heteroatoms. The minimum atomic E-state index is -0.610. The second-order valence-electron chi connectivity index (χ2n) is 4.81. The highest BCUT2D eigenvalue weighted by Gasteiger charge is 2.30. The van der Waals surface area contributed by atoms with Crippen LogP contribution in [-0.4, -0.2) is 19.0 Å². The summed E-state index contributed by atoms with van der Waals surface area (Å²) in [4.78, 5) is 11.9. The van der Waals surface area contributed by atoms with Crippen molar-refractivity contribution in [3.05, 3.63) is 29.3 Å². The average Bonchev–Trinajstić information content (AvgIpc) is 2.72. The third-order valence-corrected chi connectivity index (χ3v) is 3.36. The number of anilines is 1. The van der Waals surface area contributed by atoms with E-state index in [4.69, 9.17) is 0 Å². The Balaban J connectivity index is 2.14. The van der Waals surface area contributed by atoms with Crippen LogP contribution in [0.15, 0.2) is 12.1 Å². The van der Waals surface area contributed by atoms with E-state index in [2.05, 4.69) is 10.6 Å². The molecule has 1 aromatic carbocycles. The van der Waals surface area contributed by atoms with E-state index in [1.54, 1.807) is 0 Å². The van der Waals surface area contributed by atoms with E-state index in [-0.39, 0.29) is 29.0 Å². The number of hydrogen-bond donors (Lipinski definition) is 2. The molecule has 2 rings (SSSR count). The van der Waals surface area contributed by atoms with Gasteiger partial charge >= 0.3 is 0 Å². The number of carbonyl (C=O) groups excluding carboxylic acids is 1. The minimum absolute atomic E-state index is 0.0952. The third kappa shape index (κ3) is 2.51. The summed E-state index contributed by atoms with van der Waals surface area (Å²) in [6.07, 6.45) is 0. The van der Waals surface area contributed by atoms with E-state index in [0.717, 1.165) is 18.7 Å². The molecule has 98 valence electrons. The SMILES string of the molecule is Cc1cc(F)c(NC(=O)C2CNCC2C)cc1F. The fraction of sp³-hybridized carbons (Fsp3) is 0.462. The lowest BCUT2D eigenvalue weighted by molar-refractivity contribution is -0.120. The van der Waals surface area contributed by atoms with Crippen LogP contribution >= 0.6 is 0 Å². The van der Waals surface area contributed by atoms with Crippen LogP contribution in [0.5, 0.6) is 0 Å². The maximum atomic E-state index is 13.6. The van der Waals surface area contributed by atoms with Crippen LogP contribution in [0.1, 0.15) is 12.5 Å². The van der Waals surface area contributed by atoms with Gasteiger partial charge < -0.3 is 10.6 Å². The number of halogens is 2. The van der Waals surface area contributed by atoms with Crippen molar-refractivity contribution in [2.45, 2.75) is 13.8 Å². The van der Waals surface area contributed by atoms with Crippen LogP contribution in [0.2, 0.25) is 0 Å². The van der Waals surface area contributed by atoms with Crippen molar-refractivity contribution in [3.8, 4) is 0 Å². The number of carbonyl (C=O) groups is 1. The van der Waals surface area contributed by atoms with E-state index in [1.165, 1.54) is 6.92 Å². The molecular weight excluding hydrogens is 238 g/mol. The topological polar surface area (TPSA) is 41.1 Å². The van der Waals surface area contributed by atoms with Gasteiger partial charge in [-0.3, -0.25) is 4.79 Å². The highest BCUT2D eigenvalue weighted by atomic mass is 19.1. The van der Waals surface area contributed by atoms with Crippen LogP contribution < -0.4 is 10.6 Å². The van der Waals surface area contributed by atoms with Crippen molar-refractivity contribution < 1.29 is 13.6 Å². The molecule has 0 aliphatic carbocycles. The monoisotopic (exact) mass is 254 g/mol. The van der Waals surface area contributed by atoms with Gasteiger partial charge in [-0.15, -0.1) is 0 Å². The molecule has 1 fully saturated rings. The van der Waals surface area contributed by atoms with E-state index in [9.17, 15) is 13.6 Å². The fourth-order valence-corrected chi connectivity index (χ4v) is 2.13. The largest absolute Gasteiger partial charge is 0.323 e. The van der Waals surface area contributed by atoms with Gasteiger partial charge in [-0.25, -0.2) is 8.78 Å². The number of rotatable bonds is 2. The Morgan fingerprint density at radius 1 is 1.33 bits per heavy atom. The van der Waals surface area contributed by atoms with E-state index < -0.39 is 11.6 Å². The summed E-state index contributed by atoms with van der Waals surface area (Å²) in [5, 5.41) is 5.55. The third-order valence-electron chi connectivity index (χ3n) is 3.36. The van der Waals surface area contributed by atoms with Crippen molar-refractivity contribution in [3.63, 3.8) is 0 Å². The molecule has 0 radical (unpaired) electrons. The molecule has 1 aromatic rings. The summed E-state index contributed by atoms with van der Waals surface area (Å²) < 4.78 is 26.9. The Labute approximate surface area is 105 Å². The maximum Gasteiger partial charge on any atom is 0.229 e. The molecule has 0 saturated carbocycles. The molecule has 18 heavy (non-hydrogen) atoms. The van der Waals surface area contributed by atoms with Gasteiger partial charge in [-0.1, -0.05) is 6.92 Å². The molecule has 3 nitrogen and oxygen atoms in total. The minimum Gasteiger partial charge on any atom is -0.323 e. The molecule has 0 aromatic heterocycles. The van der Waals surface area contributed by atoms with Crippen molar-refractivity contribution in [1.29, 1.82) is 0 Å². The van der Waals surface area contributed by atoms with Crippen LogP contribution in [0.4, 0.5) is 14.5 Å². The molecule has 2 unspecified atom stereocenters. The first-order chi connectivity index (χ1) is 8.49. The zero-order valence-corrected chi connectivity index (χ0v) is 10.4. The summed E-state index contributed by atoms with van der Waals surface area (Å²) >= 11 is 0. The average molecular weight is 254 g/mol. The van der Waals surface area contributed by atoms with Crippen molar-refractivity contribution >= 4 is 11.6 Å². The highest BCUT2D eigenvalue weighted by Crippen LogP contribution is 2.22. The molecule has 1 heterocycles. The van der Waals surface area contributed by atoms with Gasteiger partial charge in [0.05, 0.1) is 11.6 Å². The van der Waals surface area contributed by atoms with Crippen LogP contribution in [0, 0.1) is 30.4 Å². The van der Waals surface area contributed by atoms with Crippen molar-refractivity contribution in [2.75, 3.05) is 18.4 Å². The van der Waals surface area contributed by atoms with Crippen molar-refractivity contribution in [2.24, 2.45) is 11.8 Å². The summed E-state index contributed by atoms with van der Waals surface area (Å²) in [7, 11) is 0. The predicted octanol–water partition coefficient (Wildman–Crippen LogP) is 2.07. The predicted molar refractivity (Wildman–Crippen MR) is 65.2 cm³/mol. The van der Waals surface area contributed by atoms with Gasteiger partial charge in [0.25, 0.3) is 0 Å². The lowest BCUT2D eigenvalue weighted by Gasteiger charge is -2.15. The fourth-order valence-electron chi connectivity index (χ4n) is 2.13. The lowest BCUT2D eigenvalue weighted by Crippen LogP contribution is -2.28. The summed E-state index contributed by atoms with van der Waals surface area (Å²) in [6.45, 7) is 4.77. The smallest absolute Gasteiger partial charge is 0.229 e. The number of nitrogens with one attached hydrogen (secondary N) is 2. The maximum absolute atomic E-state index is 13.6. The van der Waals surface area contributed by atoms with Crippen LogP contribution in [-0.2, 0) is 4.79 Å². The zero-order chi connectivity index (χ0) is 13.3. The molecule has 1 amide bonds. The highest BCUT2D eigenvalue weighted by molar-refractivity contribution is 5.93. The first-order valence-corrected chi connectivity index (χ1v) is 5.96. The standard InChI is InChI=1S/C13H16F2N2O/c1-7-3-11(15)12(4-10(7)14)17-13(18)9-6-16-5-8(9)2/h3-4,8-9,16H,5-6H2,1-2H3,(H,17,18). The molecule has 0 bridgehead atoms. The number of aryl methyl sites for hydroxylation is 1. The van der Waals surface area contributed by atoms with Gasteiger partial charge in [-0.05, 0) is 31.0 Å². The van der Waals surface area contributed by atoms with E-state index >= 15 is 0 Å². The molecule has 1 saturated heterocycles. The lowest BCUT2D eigenvalue weighted by atomic mass is 9.97. The van der Waals surface area contributed by atoms with E-state index in [0.29, 0.717) is 6.54 Å². The molecular formula is C13H16F2N2O. The molecule has 0 spiro atoms. The number of amides is 1. The molecule has 1 aliphatic rings. The molecule has 2 N–H and O–H groups in total. The van der Waals surface area contributed by atoms with Crippen LogP contribution in [0.25, 0.3) is 0 Å². The molecule has 1 aliphatic heterocycles. The zero-order valence-electron chi connectivity index (χ0n) is 10.4. The van der Waals surface area contributed by atoms with Gasteiger partial charge in [0.15, 0.2) is 0 Å². The van der Waals surface area contributed by atoms with Gasteiger partial charge in [0, 0.05) is 12.6 Å². The van der Waals surface area contributed by atoms with Gasteiger partial charge in [0.1, 0.15) is 11.6 Å².